The van der Waals surface area contributed by atoms with Crippen LogP contribution in [0.25, 0.3) is 0 Å². The molecule has 1 aromatic heterocycles. The van der Waals surface area contributed by atoms with Gasteiger partial charge in [-0.2, -0.15) is 0 Å². The molecular formula is C10H13NOS. The Morgan fingerprint density at radius 2 is 2.31 bits per heavy atom. The number of aromatic nitrogens is 1. The van der Waals surface area contributed by atoms with Crippen LogP contribution in [0.5, 0.6) is 0 Å². The number of carbonyl (C=O) groups excluding carboxylic acids is 1. The summed E-state index contributed by atoms with van der Waals surface area (Å²) in [6.07, 6.45) is 2.98. The summed E-state index contributed by atoms with van der Waals surface area (Å²) < 4.78 is 0. The Bertz CT molecular complexity index is 327. The van der Waals surface area contributed by atoms with Crippen molar-refractivity contribution < 1.29 is 4.79 Å². The first-order valence-corrected chi connectivity index (χ1v) is 5.01. The van der Waals surface area contributed by atoms with E-state index in [1.165, 1.54) is 11.3 Å². The fourth-order valence-electron chi connectivity index (χ4n) is 0.940. The Morgan fingerprint density at radius 1 is 1.62 bits per heavy atom. The van der Waals surface area contributed by atoms with Crippen molar-refractivity contribution in [1.82, 2.24) is 4.98 Å². The van der Waals surface area contributed by atoms with Crippen molar-refractivity contribution in [2.24, 2.45) is 0 Å². The van der Waals surface area contributed by atoms with Crippen LogP contribution in [0.2, 0.25) is 0 Å². The van der Waals surface area contributed by atoms with Crippen LogP contribution in [0.1, 0.15) is 34.4 Å². The lowest BCUT2D eigenvalue weighted by Crippen LogP contribution is -1.95. The lowest BCUT2D eigenvalue weighted by molar-refractivity contribution is 0.0986. The van der Waals surface area contributed by atoms with E-state index in [0.29, 0.717) is 6.42 Å². The summed E-state index contributed by atoms with van der Waals surface area (Å²) in [5, 5.41) is 0.943. The lowest BCUT2D eigenvalue weighted by Gasteiger charge is -1.96. The Balaban J connectivity index is 2.54. The van der Waals surface area contributed by atoms with Gasteiger partial charge >= 0.3 is 0 Å². The maximum Gasteiger partial charge on any atom is 0.174 e. The molecule has 70 valence electrons. The maximum atomic E-state index is 11.5. The molecule has 13 heavy (non-hydrogen) atoms. The normalized spacial score (nSPS) is 10.0. The summed E-state index contributed by atoms with van der Waals surface area (Å²) in [7, 11) is 0. The van der Waals surface area contributed by atoms with E-state index in [4.69, 9.17) is 0 Å². The van der Waals surface area contributed by atoms with Crippen LogP contribution in [0.15, 0.2) is 18.3 Å². The summed E-state index contributed by atoms with van der Waals surface area (Å²) in [6.45, 7) is 7.60. The smallest absolute Gasteiger partial charge is 0.174 e. The minimum absolute atomic E-state index is 0.175. The molecule has 0 saturated heterocycles. The zero-order valence-electron chi connectivity index (χ0n) is 7.96. The Labute approximate surface area is 82.3 Å². The highest BCUT2D eigenvalue weighted by molar-refractivity contribution is 7.13. The molecule has 0 N–H and O–H groups in total. The topological polar surface area (TPSA) is 30.0 Å². The van der Waals surface area contributed by atoms with Gasteiger partial charge in [0.1, 0.15) is 0 Å². The molecule has 0 unspecified atom stereocenters. The highest BCUT2D eigenvalue weighted by Crippen LogP contribution is 2.15. The van der Waals surface area contributed by atoms with Gasteiger partial charge in [-0.15, -0.1) is 17.9 Å². The van der Waals surface area contributed by atoms with Crippen molar-refractivity contribution in [3.05, 3.63) is 28.2 Å². The number of hydrogen-bond donors (Lipinski definition) is 0. The third-order valence-corrected chi connectivity index (χ3v) is 2.63. The molecule has 1 rings (SSSR count). The van der Waals surface area contributed by atoms with Gasteiger partial charge in [0.2, 0.25) is 0 Å². The number of hydrogen-bond acceptors (Lipinski definition) is 3. The number of carbonyl (C=O) groups is 1. The molecule has 0 atom stereocenters. The summed E-state index contributed by atoms with van der Waals surface area (Å²) in [6, 6.07) is 0. The molecule has 1 heterocycles. The van der Waals surface area contributed by atoms with E-state index in [1.807, 2.05) is 13.8 Å². The molecule has 0 aromatic carbocycles. The second-order valence-corrected chi connectivity index (χ2v) is 4.36. The Hall–Kier alpha value is -0.960. The van der Waals surface area contributed by atoms with Crippen LogP contribution in [0.4, 0.5) is 0 Å². The minimum atomic E-state index is 0.175. The van der Waals surface area contributed by atoms with Gasteiger partial charge in [0.15, 0.2) is 5.78 Å². The van der Waals surface area contributed by atoms with Gasteiger partial charge in [-0.3, -0.25) is 4.79 Å². The Morgan fingerprint density at radius 3 is 2.77 bits per heavy atom. The minimum Gasteiger partial charge on any atom is -0.293 e. The summed E-state index contributed by atoms with van der Waals surface area (Å²) in [5.74, 6) is 0.175. The van der Waals surface area contributed by atoms with Crippen LogP contribution in [-0.4, -0.2) is 10.8 Å². The van der Waals surface area contributed by atoms with Crippen molar-refractivity contribution in [3.8, 4) is 0 Å². The lowest BCUT2D eigenvalue weighted by atomic mass is 10.1. The fraction of sp³-hybridized carbons (Fsp3) is 0.400. The van der Waals surface area contributed by atoms with Gasteiger partial charge in [0, 0.05) is 12.6 Å². The van der Waals surface area contributed by atoms with Gasteiger partial charge in [-0.1, -0.05) is 5.57 Å². The molecule has 0 aliphatic heterocycles. The summed E-state index contributed by atoms with van der Waals surface area (Å²) >= 11 is 1.46. The molecular weight excluding hydrogens is 182 g/mol. The number of thiazole rings is 1. The third kappa shape index (κ3) is 3.11. The van der Waals surface area contributed by atoms with Gasteiger partial charge < -0.3 is 0 Å². The van der Waals surface area contributed by atoms with Crippen LogP contribution in [0.3, 0.4) is 0 Å². The molecule has 0 radical (unpaired) electrons. The summed E-state index contributed by atoms with van der Waals surface area (Å²) in [5.41, 5.74) is 1.05. The molecule has 0 spiro atoms. The van der Waals surface area contributed by atoms with E-state index in [1.54, 1.807) is 6.20 Å². The molecule has 0 amide bonds. The van der Waals surface area contributed by atoms with Crippen molar-refractivity contribution in [2.75, 3.05) is 0 Å². The highest BCUT2D eigenvalue weighted by Gasteiger charge is 2.08. The molecule has 1 aromatic rings. The number of rotatable bonds is 4. The maximum absolute atomic E-state index is 11.5. The monoisotopic (exact) mass is 195 g/mol. The summed E-state index contributed by atoms with van der Waals surface area (Å²) in [4.78, 5) is 16.3. The van der Waals surface area contributed by atoms with Crippen molar-refractivity contribution in [2.45, 2.75) is 26.7 Å². The number of Topliss-reactive ketones (excluding diaryl/α,β-unsaturated/α-hetero) is 1. The van der Waals surface area contributed by atoms with E-state index >= 15 is 0 Å². The largest absolute Gasteiger partial charge is 0.293 e. The van der Waals surface area contributed by atoms with E-state index in [2.05, 4.69) is 11.6 Å². The first-order valence-electron chi connectivity index (χ1n) is 4.19. The third-order valence-electron chi connectivity index (χ3n) is 1.67. The first kappa shape index (κ1) is 10.1. The van der Waals surface area contributed by atoms with Crippen LogP contribution in [0, 0.1) is 6.92 Å². The number of nitrogens with zero attached hydrogens (tertiary/aromatic N) is 1. The van der Waals surface area contributed by atoms with Crippen molar-refractivity contribution in [3.63, 3.8) is 0 Å². The van der Waals surface area contributed by atoms with Crippen LogP contribution >= 0.6 is 11.3 Å². The number of aryl methyl sites for hydroxylation is 1. The van der Waals surface area contributed by atoms with Gasteiger partial charge in [0.25, 0.3) is 0 Å². The molecule has 2 nitrogen and oxygen atoms in total. The molecule has 3 heteroatoms. The van der Waals surface area contributed by atoms with E-state index in [0.717, 1.165) is 21.9 Å². The molecule has 0 aliphatic rings. The molecule has 0 bridgehead atoms. The second-order valence-electron chi connectivity index (χ2n) is 3.12. The standard InChI is InChI=1S/C10H13NOS/c1-7(2)4-5-9(12)10-6-11-8(3)13-10/h6H,1,4-5H2,2-3H3. The molecule has 0 fully saturated rings. The Kier molecular flexibility index (Phi) is 3.37. The zero-order chi connectivity index (χ0) is 9.84. The van der Waals surface area contributed by atoms with Crippen LogP contribution < -0.4 is 0 Å². The number of allylic oxidation sites excluding steroid dienone is 1. The predicted molar refractivity (Wildman–Crippen MR) is 55.2 cm³/mol. The quantitative estimate of drug-likeness (QED) is 0.546. The SMILES string of the molecule is C=C(C)CCC(=O)c1cnc(C)s1. The van der Waals surface area contributed by atoms with Gasteiger partial charge in [-0.05, 0) is 20.3 Å². The first-order chi connectivity index (χ1) is 6.09. The van der Waals surface area contributed by atoms with Gasteiger partial charge in [0.05, 0.1) is 9.88 Å². The predicted octanol–water partition coefficient (Wildman–Crippen LogP) is 2.99. The van der Waals surface area contributed by atoms with Crippen molar-refractivity contribution >= 4 is 17.1 Å². The average molecular weight is 195 g/mol. The molecule has 0 aliphatic carbocycles. The second kappa shape index (κ2) is 4.33. The van der Waals surface area contributed by atoms with E-state index in [9.17, 15) is 4.79 Å². The average Bonchev–Trinajstić information content (AvgIpc) is 2.47. The highest BCUT2D eigenvalue weighted by atomic mass is 32.1. The van der Waals surface area contributed by atoms with Crippen LogP contribution in [-0.2, 0) is 0 Å². The van der Waals surface area contributed by atoms with E-state index in [-0.39, 0.29) is 5.78 Å². The fourth-order valence-corrected chi connectivity index (χ4v) is 1.69. The number of ketones is 1. The van der Waals surface area contributed by atoms with E-state index < -0.39 is 0 Å². The zero-order valence-corrected chi connectivity index (χ0v) is 8.78. The van der Waals surface area contributed by atoms with Crippen molar-refractivity contribution in [1.29, 1.82) is 0 Å². The molecule has 0 saturated carbocycles. The van der Waals surface area contributed by atoms with Gasteiger partial charge in [-0.25, -0.2) is 4.98 Å².